The third-order valence-electron chi connectivity index (χ3n) is 2.49. The molecule has 1 fully saturated rings. The lowest BCUT2D eigenvalue weighted by Crippen LogP contribution is -2.38. The van der Waals surface area contributed by atoms with E-state index in [4.69, 9.17) is 0 Å². The van der Waals surface area contributed by atoms with Crippen LogP contribution in [-0.4, -0.2) is 19.1 Å². The van der Waals surface area contributed by atoms with Crippen molar-refractivity contribution in [3.05, 3.63) is 28.7 Å². The lowest BCUT2D eigenvalue weighted by Gasteiger charge is -2.24. The molecule has 2 N–H and O–H groups in total. The zero-order valence-electron chi connectivity index (χ0n) is 8.09. The Bertz CT molecular complexity index is 295. The molecule has 1 atom stereocenters. The summed E-state index contributed by atoms with van der Waals surface area (Å²) in [5, 5.41) is 6.92. The van der Waals surface area contributed by atoms with Crippen molar-refractivity contribution >= 4 is 21.6 Å². The summed E-state index contributed by atoms with van der Waals surface area (Å²) < 4.78 is 1.13. The Morgan fingerprint density at radius 3 is 3.07 bits per heavy atom. The summed E-state index contributed by atoms with van der Waals surface area (Å²) >= 11 is 3.47. The molecule has 3 heteroatoms. The van der Waals surface area contributed by atoms with E-state index >= 15 is 0 Å². The number of piperidine rings is 1. The lowest BCUT2D eigenvalue weighted by molar-refractivity contribution is 0.480. The fourth-order valence-corrected chi connectivity index (χ4v) is 2.19. The number of anilines is 1. The second-order valence-electron chi connectivity index (χ2n) is 3.70. The second-order valence-corrected chi connectivity index (χ2v) is 4.61. The van der Waals surface area contributed by atoms with Crippen LogP contribution in [0.5, 0.6) is 0 Å². The first kappa shape index (κ1) is 9.99. The van der Waals surface area contributed by atoms with Gasteiger partial charge < -0.3 is 10.6 Å². The van der Waals surface area contributed by atoms with Gasteiger partial charge in [-0.2, -0.15) is 0 Å². The largest absolute Gasteiger partial charge is 0.381 e. The minimum atomic E-state index is 0.582. The Kier molecular flexibility index (Phi) is 3.43. The predicted molar refractivity (Wildman–Crippen MR) is 63.7 cm³/mol. The van der Waals surface area contributed by atoms with Crippen LogP contribution in [0.1, 0.15) is 12.8 Å². The maximum absolute atomic E-state index is 3.53. The standard InChI is InChI=1S/C11H15BrN2/c12-9-3-1-4-10(7-9)14-11-5-2-6-13-8-11/h1,3-4,7,11,13-14H,2,5-6,8H2/t11-/m1/s1. The van der Waals surface area contributed by atoms with Crippen molar-refractivity contribution in [3.63, 3.8) is 0 Å². The molecule has 1 aromatic carbocycles. The van der Waals surface area contributed by atoms with Crippen molar-refractivity contribution in [1.82, 2.24) is 5.32 Å². The molecular formula is C11H15BrN2. The Labute approximate surface area is 93.2 Å². The molecule has 1 saturated heterocycles. The number of hydrogen-bond acceptors (Lipinski definition) is 2. The average Bonchev–Trinajstić information content (AvgIpc) is 2.19. The summed E-state index contributed by atoms with van der Waals surface area (Å²) in [6.07, 6.45) is 2.53. The van der Waals surface area contributed by atoms with Gasteiger partial charge in [-0.15, -0.1) is 0 Å². The Morgan fingerprint density at radius 2 is 2.36 bits per heavy atom. The van der Waals surface area contributed by atoms with Crippen LogP contribution in [-0.2, 0) is 0 Å². The summed E-state index contributed by atoms with van der Waals surface area (Å²) in [4.78, 5) is 0. The van der Waals surface area contributed by atoms with Crippen molar-refractivity contribution in [3.8, 4) is 0 Å². The molecule has 0 bridgehead atoms. The molecule has 0 saturated carbocycles. The number of nitrogens with one attached hydrogen (secondary N) is 2. The summed E-state index contributed by atoms with van der Waals surface area (Å²) in [6, 6.07) is 8.92. The number of benzene rings is 1. The SMILES string of the molecule is Brc1cccc(N[C@@H]2CCCNC2)c1. The van der Waals surface area contributed by atoms with Crippen molar-refractivity contribution in [2.75, 3.05) is 18.4 Å². The summed E-state index contributed by atoms with van der Waals surface area (Å²) in [5.74, 6) is 0. The number of halogens is 1. The molecule has 2 rings (SSSR count). The van der Waals surface area contributed by atoms with E-state index in [9.17, 15) is 0 Å². The van der Waals surface area contributed by atoms with Gasteiger partial charge in [0.2, 0.25) is 0 Å². The smallest absolute Gasteiger partial charge is 0.0386 e. The van der Waals surface area contributed by atoms with Gasteiger partial charge in [-0.25, -0.2) is 0 Å². The van der Waals surface area contributed by atoms with E-state index in [2.05, 4.69) is 44.8 Å². The topological polar surface area (TPSA) is 24.1 Å². The first-order chi connectivity index (χ1) is 6.84. The molecule has 0 aliphatic carbocycles. The molecule has 0 amide bonds. The van der Waals surface area contributed by atoms with Gasteiger partial charge in [-0.1, -0.05) is 22.0 Å². The van der Waals surface area contributed by atoms with Crippen molar-refractivity contribution in [1.29, 1.82) is 0 Å². The second kappa shape index (κ2) is 4.80. The highest BCUT2D eigenvalue weighted by molar-refractivity contribution is 9.10. The Balaban J connectivity index is 1.95. The highest BCUT2D eigenvalue weighted by atomic mass is 79.9. The molecule has 0 radical (unpaired) electrons. The first-order valence-electron chi connectivity index (χ1n) is 5.07. The molecule has 0 aromatic heterocycles. The molecule has 1 aliphatic heterocycles. The Morgan fingerprint density at radius 1 is 1.43 bits per heavy atom. The molecule has 0 spiro atoms. The zero-order chi connectivity index (χ0) is 9.80. The van der Waals surface area contributed by atoms with Crippen LogP contribution in [0.25, 0.3) is 0 Å². The van der Waals surface area contributed by atoms with Gasteiger partial charge in [0.1, 0.15) is 0 Å². The fourth-order valence-electron chi connectivity index (χ4n) is 1.79. The normalized spacial score (nSPS) is 21.9. The third kappa shape index (κ3) is 2.72. The van der Waals surface area contributed by atoms with E-state index < -0.39 is 0 Å². The minimum Gasteiger partial charge on any atom is -0.381 e. The van der Waals surface area contributed by atoms with E-state index in [1.54, 1.807) is 0 Å². The Hall–Kier alpha value is -0.540. The van der Waals surface area contributed by atoms with Gasteiger partial charge in [0.15, 0.2) is 0 Å². The average molecular weight is 255 g/mol. The van der Waals surface area contributed by atoms with Gasteiger partial charge in [0.05, 0.1) is 0 Å². The summed E-state index contributed by atoms with van der Waals surface area (Å²) in [7, 11) is 0. The summed E-state index contributed by atoms with van der Waals surface area (Å²) in [5.41, 5.74) is 1.20. The molecule has 1 heterocycles. The highest BCUT2D eigenvalue weighted by Gasteiger charge is 2.11. The van der Waals surface area contributed by atoms with Crippen LogP contribution < -0.4 is 10.6 Å². The van der Waals surface area contributed by atoms with Crippen LogP contribution in [0, 0.1) is 0 Å². The molecule has 76 valence electrons. The number of hydrogen-bond donors (Lipinski definition) is 2. The minimum absolute atomic E-state index is 0.582. The number of rotatable bonds is 2. The van der Waals surface area contributed by atoms with Crippen molar-refractivity contribution in [2.45, 2.75) is 18.9 Å². The van der Waals surface area contributed by atoms with Crippen LogP contribution >= 0.6 is 15.9 Å². The molecule has 2 nitrogen and oxygen atoms in total. The first-order valence-corrected chi connectivity index (χ1v) is 5.87. The molecule has 14 heavy (non-hydrogen) atoms. The maximum Gasteiger partial charge on any atom is 0.0386 e. The fraction of sp³-hybridized carbons (Fsp3) is 0.455. The quantitative estimate of drug-likeness (QED) is 0.848. The molecule has 0 unspecified atom stereocenters. The van der Waals surface area contributed by atoms with Crippen molar-refractivity contribution in [2.24, 2.45) is 0 Å². The predicted octanol–water partition coefficient (Wildman–Crippen LogP) is 2.61. The summed E-state index contributed by atoms with van der Waals surface area (Å²) in [6.45, 7) is 2.24. The van der Waals surface area contributed by atoms with Crippen LogP contribution in [0.15, 0.2) is 28.7 Å². The van der Waals surface area contributed by atoms with Gasteiger partial charge in [-0.3, -0.25) is 0 Å². The van der Waals surface area contributed by atoms with Gasteiger partial charge in [0.25, 0.3) is 0 Å². The monoisotopic (exact) mass is 254 g/mol. The van der Waals surface area contributed by atoms with Gasteiger partial charge in [-0.05, 0) is 37.6 Å². The highest BCUT2D eigenvalue weighted by Crippen LogP contribution is 2.17. The van der Waals surface area contributed by atoms with Crippen LogP contribution in [0.3, 0.4) is 0 Å². The molecule has 1 aromatic rings. The van der Waals surface area contributed by atoms with E-state index in [0.29, 0.717) is 6.04 Å². The van der Waals surface area contributed by atoms with Crippen LogP contribution in [0.2, 0.25) is 0 Å². The van der Waals surface area contributed by atoms with Crippen molar-refractivity contribution < 1.29 is 0 Å². The van der Waals surface area contributed by atoms with E-state index in [0.717, 1.165) is 17.6 Å². The molecule has 1 aliphatic rings. The zero-order valence-corrected chi connectivity index (χ0v) is 9.68. The van der Waals surface area contributed by atoms with Gasteiger partial charge >= 0.3 is 0 Å². The van der Waals surface area contributed by atoms with E-state index in [1.165, 1.54) is 18.5 Å². The molecular weight excluding hydrogens is 240 g/mol. The third-order valence-corrected chi connectivity index (χ3v) is 2.99. The van der Waals surface area contributed by atoms with Crippen LogP contribution in [0.4, 0.5) is 5.69 Å². The lowest BCUT2D eigenvalue weighted by atomic mass is 10.1. The van der Waals surface area contributed by atoms with E-state index in [-0.39, 0.29) is 0 Å². The maximum atomic E-state index is 3.53. The van der Waals surface area contributed by atoms with E-state index in [1.807, 2.05) is 6.07 Å². The van der Waals surface area contributed by atoms with Gasteiger partial charge in [0, 0.05) is 22.7 Å².